The third-order valence-corrected chi connectivity index (χ3v) is 8.13. The standard InChI is InChI=1S/C28H33NO5S/c1-20-16-21(2)28(22(3)17-20)35(31,32)29(18-24-12-8-6-9-13-24)23(4)27(34-26(30)19-33-5)25-14-10-7-11-15-25/h6-17,23,27H,18-19H2,1-5H3/t23-,27-/m0/s1. The number of benzene rings is 3. The molecule has 3 aromatic carbocycles. The van der Waals surface area contributed by atoms with Crippen LogP contribution in [0.4, 0.5) is 0 Å². The minimum absolute atomic E-state index is 0.127. The van der Waals surface area contributed by atoms with Crippen LogP contribution < -0.4 is 0 Å². The maximum atomic E-state index is 14.2. The fraction of sp³-hybridized carbons (Fsp3) is 0.321. The Bertz CT molecular complexity index is 1220. The number of nitrogens with zero attached hydrogens (tertiary/aromatic N) is 1. The highest BCUT2D eigenvalue weighted by Crippen LogP contribution is 2.33. The first-order chi connectivity index (χ1) is 16.6. The molecule has 0 fully saturated rings. The van der Waals surface area contributed by atoms with Gasteiger partial charge in [-0.3, -0.25) is 0 Å². The Kier molecular flexibility index (Phi) is 8.83. The van der Waals surface area contributed by atoms with E-state index in [1.807, 2.05) is 93.6 Å². The van der Waals surface area contributed by atoms with Gasteiger partial charge in [0.25, 0.3) is 0 Å². The zero-order valence-corrected chi connectivity index (χ0v) is 21.7. The quantitative estimate of drug-likeness (QED) is 0.365. The number of carbonyl (C=O) groups excluding carboxylic acids is 1. The molecular formula is C28H33NO5S. The highest BCUT2D eigenvalue weighted by atomic mass is 32.2. The lowest BCUT2D eigenvalue weighted by molar-refractivity contribution is -0.156. The van der Waals surface area contributed by atoms with E-state index in [1.54, 1.807) is 6.92 Å². The van der Waals surface area contributed by atoms with Gasteiger partial charge in [-0.1, -0.05) is 78.4 Å². The van der Waals surface area contributed by atoms with E-state index < -0.39 is 28.1 Å². The summed E-state index contributed by atoms with van der Waals surface area (Å²) in [7, 11) is -2.55. The molecule has 0 aliphatic rings. The van der Waals surface area contributed by atoms with E-state index in [1.165, 1.54) is 11.4 Å². The Labute approximate surface area is 208 Å². The normalized spacial score (nSPS) is 13.4. The predicted molar refractivity (Wildman–Crippen MR) is 136 cm³/mol. The van der Waals surface area contributed by atoms with Gasteiger partial charge in [-0.2, -0.15) is 4.31 Å². The Hall–Kier alpha value is -3.00. The maximum absolute atomic E-state index is 14.2. The van der Waals surface area contributed by atoms with Crippen molar-refractivity contribution in [1.82, 2.24) is 4.31 Å². The van der Waals surface area contributed by atoms with Gasteiger partial charge in [-0.25, -0.2) is 13.2 Å². The minimum Gasteiger partial charge on any atom is -0.454 e. The highest BCUT2D eigenvalue weighted by Gasteiger charge is 2.37. The summed E-state index contributed by atoms with van der Waals surface area (Å²) >= 11 is 0. The number of hydrogen-bond acceptors (Lipinski definition) is 5. The van der Waals surface area contributed by atoms with Crippen molar-refractivity contribution in [2.45, 2.75) is 51.3 Å². The van der Waals surface area contributed by atoms with Crippen LogP contribution in [0.25, 0.3) is 0 Å². The lowest BCUT2D eigenvalue weighted by Gasteiger charge is -2.34. The van der Waals surface area contributed by atoms with Gasteiger partial charge in [0.1, 0.15) is 12.7 Å². The van der Waals surface area contributed by atoms with Gasteiger partial charge in [0, 0.05) is 13.7 Å². The number of aryl methyl sites for hydroxylation is 3. The smallest absolute Gasteiger partial charge is 0.332 e. The second-order valence-corrected chi connectivity index (χ2v) is 10.6. The molecule has 186 valence electrons. The van der Waals surface area contributed by atoms with E-state index >= 15 is 0 Å². The fourth-order valence-corrected chi connectivity index (χ4v) is 6.47. The van der Waals surface area contributed by atoms with Crippen molar-refractivity contribution in [3.63, 3.8) is 0 Å². The van der Waals surface area contributed by atoms with Crippen molar-refractivity contribution in [3.8, 4) is 0 Å². The van der Waals surface area contributed by atoms with Crippen molar-refractivity contribution >= 4 is 16.0 Å². The first-order valence-corrected chi connectivity index (χ1v) is 13.0. The van der Waals surface area contributed by atoms with Gasteiger partial charge in [0.15, 0.2) is 0 Å². The Morgan fingerprint density at radius 3 is 2.00 bits per heavy atom. The molecule has 7 heteroatoms. The van der Waals surface area contributed by atoms with Crippen LogP contribution in [0.1, 0.15) is 40.8 Å². The molecule has 6 nitrogen and oxygen atoms in total. The van der Waals surface area contributed by atoms with Crippen molar-refractivity contribution in [1.29, 1.82) is 0 Å². The number of esters is 1. The van der Waals surface area contributed by atoms with E-state index in [0.29, 0.717) is 16.7 Å². The maximum Gasteiger partial charge on any atom is 0.332 e. The topological polar surface area (TPSA) is 72.9 Å². The molecule has 0 saturated heterocycles. The highest BCUT2D eigenvalue weighted by molar-refractivity contribution is 7.89. The molecule has 35 heavy (non-hydrogen) atoms. The molecule has 0 unspecified atom stereocenters. The molecule has 0 heterocycles. The van der Waals surface area contributed by atoms with Crippen molar-refractivity contribution in [2.24, 2.45) is 0 Å². The first-order valence-electron chi connectivity index (χ1n) is 11.5. The van der Waals surface area contributed by atoms with Gasteiger partial charge in [0.2, 0.25) is 10.0 Å². The zero-order valence-electron chi connectivity index (χ0n) is 20.9. The monoisotopic (exact) mass is 495 g/mol. The lowest BCUT2D eigenvalue weighted by atomic mass is 10.0. The number of carbonyl (C=O) groups is 1. The Balaban J connectivity index is 2.14. The number of rotatable bonds is 10. The zero-order chi connectivity index (χ0) is 25.6. The summed E-state index contributed by atoms with van der Waals surface area (Å²) in [5.41, 5.74) is 3.90. The average molecular weight is 496 g/mol. The fourth-order valence-electron chi connectivity index (χ4n) is 4.43. The van der Waals surface area contributed by atoms with Crippen LogP contribution in [0, 0.1) is 20.8 Å². The van der Waals surface area contributed by atoms with Crippen molar-refractivity contribution in [3.05, 3.63) is 101 Å². The second-order valence-electron chi connectivity index (χ2n) is 8.76. The van der Waals surface area contributed by atoms with E-state index in [-0.39, 0.29) is 18.0 Å². The van der Waals surface area contributed by atoms with Crippen LogP contribution in [0.2, 0.25) is 0 Å². The summed E-state index contributed by atoms with van der Waals surface area (Å²) in [6.07, 6.45) is -0.830. The van der Waals surface area contributed by atoms with E-state index in [9.17, 15) is 13.2 Å². The average Bonchev–Trinajstić information content (AvgIpc) is 2.81. The van der Waals surface area contributed by atoms with Crippen LogP contribution >= 0.6 is 0 Å². The molecule has 0 amide bonds. The molecule has 0 aromatic heterocycles. The Morgan fingerprint density at radius 2 is 1.46 bits per heavy atom. The molecule has 3 rings (SSSR count). The lowest BCUT2D eigenvalue weighted by Crippen LogP contribution is -2.43. The first kappa shape index (κ1) is 26.6. The number of sulfonamides is 1. The largest absolute Gasteiger partial charge is 0.454 e. The molecule has 0 N–H and O–H groups in total. The summed E-state index contributed by atoms with van der Waals surface area (Å²) in [6, 6.07) is 21.7. The molecule has 0 saturated carbocycles. The van der Waals surface area contributed by atoms with Gasteiger partial charge < -0.3 is 9.47 Å². The third-order valence-electron chi connectivity index (χ3n) is 5.89. The van der Waals surface area contributed by atoms with E-state index in [4.69, 9.17) is 9.47 Å². The summed E-state index contributed by atoms with van der Waals surface area (Å²) in [5, 5.41) is 0. The van der Waals surface area contributed by atoms with Gasteiger partial charge >= 0.3 is 5.97 Å². The molecule has 3 aromatic rings. The van der Waals surface area contributed by atoms with Gasteiger partial charge in [-0.05, 0) is 49.9 Å². The minimum atomic E-state index is -3.97. The van der Waals surface area contributed by atoms with Crippen LogP contribution in [0.15, 0.2) is 77.7 Å². The van der Waals surface area contributed by atoms with Crippen molar-refractivity contribution < 1.29 is 22.7 Å². The summed E-state index contributed by atoms with van der Waals surface area (Å²) in [5.74, 6) is -0.562. The molecule has 0 aliphatic heterocycles. The molecular weight excluding hydrogens is 462 g/mol. The molecule has 0 spiro atoms. The SMILES string of the molecule is COCC(=O)O[C@H](c1ccccc1)[C@H](C)N(Cc1ccccc1)S(=O)(=O)c1c(C)cc(C)cc1C. The summed E-state index contributed by atoms with van der Waals surface area (Å²) in [6.45, 7) is 7.25. The Morgan fingerprint density at radius 1 is 0.914 bits per heavy atom. The number of hydrogen-bond donors (Lipinski definition) is 0. The van der Waals surface area contributed by atoms with Crippen LogP contribution in [-0.2, 0) is 30.8 Å². The van der Waals surface area contributed by atoms with Crippen molar-refractivity contribution in [2.75, 3.05) is 13.7 Å². The van der Waals surface area contributed by atoms with Crippen LogP contribution in [-0.4, -0.2) is 38.5 Å². The molecule has 0 bridgehead atoms. The second kappa shape index (κ2) is 11.6. The van der Waals surface area contributed by atoms with Crippen LogP contribution in [0.5, 0.6) is 0 Å². The molecule has 2 atom stereocenters. The third kappa shape index (κ3) is 6.36. The van der Waals surface area contributed by atoms with Crippen LogP contribution in [0.3, 0.4) is 0 Å². The number of ether oxygens (including phenoxy) is 2. The van der Waals surface area contributed by atoms with E-state index in [2.05, 4.69) is 0 Å². The molecule has 0 radical (unpaired) electrons. The van der Waals surface area contributed by atoms with Gasteiger partial charge in [0.05, 0.1) is 10.9 Å². The van der Waals surface area contributed by atoms with Gasteiger partial charge in [-0.15, -0.1) is 0 Å². The summed E-state index contributed by atoms with van der Waals surface area (Å²) < 4.78 is 40.7. The van der Waals surface area contributed by atoms with E-state index in [0.717, 1.165) is 11.1 Å². The predicted octanol–water partition coefficient (Wildman–Crippen LogP) is 5.12. The number of methoxy groups -OCH3 is 1. The summed E-state index contributed by atoms with van der Waals surface area (Å²) in [4.78, 5) is 12.7. The molecule has 0 aliphatic carbocycles.